The van der Waals surface area contributed by atoms with Crippen molar-refractivity contribution in [2.45, 2.75) is 39.5 Å². The number of rotatable bonds is 0. The topological polar surface area (TPSA) is 0 Å². The first-order chi connectivity index (χ1) is 5.67. The van der Waals surface area contributed by atoms with Gasteiger partial charge in [-0.05, 0) is 53.0 Å². The molecule has 1 aliphatic rings. The molecule has 0 aliphatic heterocycles. The van der Waals surface area contributed by atoms with E-state index in [1.165, 1.54) is 25.7 Å². The highest BCUT2D eigenvalue weighted by Crippen LogP contribution is 2.34. The molecular weight excluding hydrogens is 164 g/mol. The minimum atomic E-state index is 0.534. The van der Waals surface area contributed by atoms with Crippen molar-refractivity contribution in [3.8, 4) is 0 Å². The Bertz CT molecular complexity index is 270. The lowest BCUT2D eigenvalue weighted by molar-refractivity contribution is 0.333. The molecule has 66 valence electrons. The van der Waals surface area contributed by atoms with E-state index in [-0.39, 0.29) is 0 Å². The standard InChI is InChI=1S/C11H16S/c1-11(2)5-3-4-9-7-12-8-10(9)6-11/h7-8H,3-6H2,1-2H3. The molecule has 0 amide bonds. The third-order valence-electron chi connectivity index (χ3n) is 2.80. The molecule has 0 saturated heterocycles. The van der Waals surface area contributed by atoms with Gasteiger partial charge in [-0.2, -0.15) is 11.3 Å². The number of aryl methyl sites for hydroxylation is 1. The van der Waals surface area contributed by atoms with Crippen LogP contribution < -0.4 is 0 Å². The molecule has 1 aromatic rings. The fourth-order valence-electron chi connectivity index (χ4n) is 2.09. The van der Waals surface area contributed by atoms with E-state index in [0.717, 1.165) is 0 Å². The van der Waals surface area contributed by atoms with E-state index >= 15 is 0 Å². The van der Waals surface area contributed by atoms with Crippen LogP contribution >= 0.6 is 11.3 Å². The molecule has 0 saturated carbocycles. The Hall–Kier alpha value is -0.300. The van der Waals surface area contributed by atoms with Crippen LogP contribution in [0.2, 0.25) is 0 Å². The Morgan fingerprint density at radius 3 is 2.83 bits per heavy atom. The van der Waals surface area contributed by atoms with E-state index in [9.17, 15) is 0 Å². The fourth-order valence-corrected chi connectivity index (χ4v) is 2.99. The smallest absolute Gasteiger partial charge is 0.00582 e. The third-order valence-corrected chi connectivity index (χ3v) is 3.64. The number of thiophene rings is 1. The minimum absolute atomic E-state index is 0.534. The zero-order valence-electron chi connectivity index (χ0n) is 7.89. The van der Waals surface area contributed by atoms with Crippen molar-refractivity contribution in [1.82, 2.24) is 0 Å². The first kappa shape index (κ1) is 8.31. The van der Waals surface area contributed by atoms with Gasteiger partial charge in [0.05, 0.1) is 0 Å². The monoisotopic (exact) mass is 180 g/mol. The van der Waals surface area contributed by atoms with Gasteiger partial charge in [-0.1, -0.05) is 13.8 Å². The van der Waals surface area contributed by atoms with E-state index < -0.39 is 0 Å². The van der Waals surface area contributed by atoms with Crippen LogP contribution in [0.5, 0.6) is 0 Å². The highest BCUT2D eigenvalue weighted by atomic mass is 32.1. The van der Waals surface area contributed by atoms with Crippen LogP contribution in [-0.2, 0) is 12.8 Å². The molecule has 1 aromatic heterocycles. The lowest BCUT2D eigenvalue weighted by Gasteiger charge is -2.21. The summed E-state index contributed by atoms with van der Waals surface area (Å²) in [4.78, 5) is 0. The maximum Gasteiger partial charge on any atom is -0.00582 e. The number of hydrogen-bond acceptors (Lipinski definition) is 1. The maximum absolute atomic E-state index is 2.39. The molecule has 2 rings (SSSR count). The maximum atomic E-state index is 2.39. The molecule has 0 nitrogen and oxygen atoms in total. The molecular formula is C11H16S. The van der Waals surface area contributed by atoms with Crippen LogP contribution in [0.25, 0.3) is 0 Å². The van der Waals surface area contributed by atoms with Gasteiger partial charge in [-0.25, -0.2) is 0 Å². The van der Waals surface area contributed by atoms with Crippen LogP contribution in [-0.4, -0.2) is 0 Å². The van der Waals surface area contributed by atoms with E-state index in [0.29, 0.717) is 5.41 Å². The van der Waals surface area contributed by atoms with Crippen LogP contribution in [0.3, 0.4) is 0 Å². The number of hydrogen-bond donors (Lipinski definition) is 0. The third kappa shape index (κ3) is 1.56. The predicted molar refractivity (Wildman–Crippen MR) is 54.7 cm³/mol. The van der Waals surface area contributed by atoms with Crippen LogP contribution in [0.4, 0.5) is 0 Å². The van der Waals surface area contributed by atoms with Gasteiger partial charge in [0.25, 0.3) is 0 Å². The molecule has 12 heavy (non-hydrogen) atoms. The lowest BCUT2D eigenvalue weighted by Crippen LogP contribution is -2.12. The Morgan fingerprint density at radius 1 is 1.25 bits per heavy atom. The highest BCUT2D eigenvalue weighted by molar-refractivity contribution is 7.08. The Morgan fingerprint density at radius 2 is 2.00 bits per heavy atom. The lowest BCUT2D eigenvalue weighted by atomic mass is 9.84. The normalized spacial score (nSPS) is 21.5. The molecule has 0 bridgehead atoms. The van der Waals surface area contributed by atoms with Crippen molar-refractivity contribution >= 4 is 11.3 Å². The molecule has 1 heteroatoms. The van der Waals surface area contributed by atoms with Gasteiger partial charge >= 0.3 is 0 Å². The van der Waals surface area contributed by atoms with Crippen molar-refractivity contribution in [2.24, 2.45) is 5.41 Å². The van der Waals surface area contributed by atoms with Gasteiger partial charge < -0.3 is 0 Å². The second-order valence-electron chi connectivity index (χ2n) is 4.62. The van der Waals surface area contributed by atoms with E-state index in [1.807, 2.05) is 11.3 Å². The fraction of sp³-hybridized carbons (Fsp3) is 0.636. The van der Waals surface area contributed by atoms with Crippen molar-refractivity contribution in [3.63, 3.8) is 0 Å². The van der Waals surface area contributed by atoms with E-state index in [4.69, 9.17) is 0 Å². The predicted octanol–water partition coefficient (Wildman–Crippen LogP) is 3.65. The van der Waals surface area contributed by atoms with Gasteiger partial charge in [-0.3, -0.25) is 0 Å². The summed E-state index contributed by atoms with van der Waals surface area (Å²) in [5.41, 5.74) is 3.76. The SMILES string of the molecule is CC1(C)CCCc2cscc2C1. The zero-order chi connectivity index (χ0) is 8.60. The van der Waals surface area contributed by atoms with Gasteiger partial charge in [0.15, 0.2) is 0 Å². The quantitative estimate of drug-likeness (QED) is 0.535. The summed E-state index contributed by atoms with van der Waals surface area (Å²) in [5, 5.41) is 4.67. The summed E-state index contributed by atoms with van der Waals surface area (Å²) >= 11 is 1.87. The Kier molecular flexibility index (Phi) is 1.99. The summed E-state index contributed by atoms with van der Waals surface area (Å²) in [7, 11) is 0. The Balaban J connectivity index is 2.30. The first-order valence-electron chi connectivity index (χ1n) is 4.71. The number of fused-ring (bicyclic) bond motifs is 1. The van der Waals surface area contributed by atoms with Gasteiger partial charge in [0.2, 0.25) is 0 Å². The van der Waals surface area contributed by atoms with Crippen LogP contribution in [0, 0.1) is 5.41 Å². The molecule has 0 radical (unpaired) electrons. The summed E-state index contributed by atoms with van der Waals surface area (Å²) in [6.07, 6.45) is 5.34. The summed E-state index contributed by atoms with van der Waals surface area (Å²) in [6, 6.07) is 0. The van der Waals surface area contributed by atoms with Crippen molar-refractivity contribution in [1.29, 1.82) is 0 Å². The second kappa shape index (κ2) is 2.88. The summed E-state index contributed by atoms with van der Waals surface area (Å²) < 4.78 is 0. The largest absolute Gasteiger partial charge is 0.152 e. The summed E-state index contributed by atoms with van der Waals surface area (Å²) in [6.45, 7) is 4.78. The van der Waals surface area contributed by atoms with Crippen molar-refractivity contribution in [2.75, 3.05) is 0 Å². The molecule has 0 fully saturated rings. The Labute approximate surface area is 78.6 Å². The minimum Gasteiger partial charge on any atom is -0.152 e. The first-order valence-corrected chi connectivity index (χ1v) is 5.66. The molecule has 0 atom stereocenters. The molecule has 1 aliphatic carbocycles. The molecule has 0 unspecified atom stereocenters. The highest BCUT2D eigenvalue weighted by Gasteiger charge is 2.23. The van der Waals surface area contributed by atoms with Gasteiger partial charge in [0.1, 0.15) is 0 Å². The van der Waals surface area contributed by atoms with Gasteiger partial charge in [-0.15, -0.1) is 0 Å². The summed E-state index contributed by atoms with van der Waals surface area (Å²) in [5.74, 6) is 0. The second-order valence-corrected chi connectivity index (χ2v) is 5.36. The van der Waals surface area contributed by atoms with E-state index in [1.54, 1.807) is 11.1 Å². The molecule has 0 aromatic carbocycles. The average molecular weight is 180 g/mol. The van der Waals surface area contributed by atoms with Crippen molar-refractivity contribution in [3.05, 3.63) is 21.9 Å². The van der Waals surface area contributed by atoms with Gasteiger partial charge in [0, 0.05) is 0 Å². The molecule has 1 heterocycles. The molecule has 0 N–H and O–H groups in total. The molecule has 0 spiro atoms. The zero-order valence-corrected chi connectivity index (χ0v) is 8.71. The average Bonchev–Trinajstić information content (AvgIpc) is 2.31. The van der Waals surface area contributed by atoms with Crippen molar-refractivity contribution < 1.29 is 0 Å². The van der Waals surface area contributed by atoms with E-state index in [2.05, 4.69) is 24.6 Å². The van der Waals surface area contributed by atoms with Crippen LogP contribution in [0.1, 0.15) is 37.8 Å². The van der Waals surface area contributed by atoms with Crippen LogP contribution in [0.15, 0.2) is 10.8 Å².